The van der Waals surface area contributed by atoms with Gasteiger partial charge in [0.1, 0.15) is 11.6 Å². The highest BCUT2D eigenvalue weighted by Gasteiger charge is 2.19. The van der Waals surface area contributed by atoms with Crippen LogP contribution in [0.15, 0.2) is 66.9 Å². The van der Waals surface area contributed by atoms with Gasteiger partial charge in [0.2, 0.25) is 0 Å². The number of aromatic nitrogens is 1. The number of amides is 1. The molecule has 0 bridgehead atoms. The molecule has 1 aromatic heterocycles. The summed E-state index contributed by atoms with van der Waals surface area (Å²) in [6.45, 7) is 0.172. The number of hydrogen-bond donors (Lipinski definition) is 0. The first-order valence-electron chi connectivity index (χ1n) is 8.91. The van der Waals surface area contributed by atoms with Gasteiger partial charge in [-0.05, 0) is 54.1 Å². The van der Waals surface area contributed by atoms with Crippen molar-refractivity contribution in [1.29, 1.82) is 0 Å². The molecule has 1 amide bonds. The van der Waals surface area contributed by atoms with Crippen LogP contribution < -0.4 is 19.1 Å². The Morgan fingerprint density at radius 3 is 2.41 bits per heavy atom. The van der Waals surface area contributed by atoms with E-state index in [4.69, 9.17) is 25.8 Å². The fourth-order valence-electron chi connectivity index (χ4n) is 2.73. The number of ether oxygens (including phenoxy) is 3. The van der Waals surface area contributed by atoms with Crippen molar-refractivity contribution in [3.8, 4) is 17.2 Å². The lowest BCUT2D eigenvalue weighted by Gasteiger charge is -2.22. The second-order valence-corrected chi connectivity index (χ2v) is 6.54. The SMILES string of the molecule is COc1ccc(CN(C(=O)COc2ccc(Cl)cc2)c2ccccn2)cc1OC. The van der Waals surface area contributed by atoms with Gasteiger partial charge >= 0.3 is 0 Å². The van der Waals surface area contributed by atoms with E-state index in [1.54, 1.807) is 67.8 Å². The van der Waals surface area contributed by atoms with Crippen LogP contribution in [-0.4, -0.2) is 31.7 Å². The summed E-state index contributed by atoms with van der Waals surface area (Å²) in [5.41, 5.74) is 0.869. The van der Waals surface area contributed by atoms with Gasteiger partial charge in [0.15, 0.2) is 18.1 Å². The summed E-state index contributed by atoms with van der Waals surface area (Å²) in [6.07, 6.45) is 1.64. The standard InChI is InChI=1S/C22H21ClN2O4/c1-27-19-11-6-16(13-20(19)28-2)14-25(21-5-3-4-12-24-21)22(26)15-29-18-9-7-17(23)8-10-18/h3-13H,14-15H2,1-2H3. The van der Waals surface area contributed by atoms with Gasteiger partial charge < -0.3 is 14.2 Å². The van der Waals surface area contributed by atoms with E-state index in [-0.39, 0.29) is 12.5 Å². The number of hydrogen-bond acceptors (Lipinski definition) is 5. The number of carbonyl (C=O) groups is 1. The first kappa shape index (κ1) is 20.5. The number of pyridine rings is 1. The predicted molar refractivity (Wildman–Crippen MR) is 112 cm³/mol. The Labute approximate surface area is 174 Å². The van der Waals surface area contributed by atoms with Crippen LogP contribution in [0.1, 0.15) is 5.56 Å². The molecule has 29 heavy (non-hydrogen) atoms. The molecule has 0 saturated heterocycles. The van der Waals surface area contributed by atoms with Gasteiger partial charge in [-0.1, -0.05) is 23.7 Å². The average Bonchev–Trinajstić information content (AvgIpc) is 2.77. The Morgan fingerprint density at radius 1 is 1.00 bits per heavy atom. The fourth-order valence-corrected chi connectivity index (χ4v) is 2.85. The summed E-state index contributed by atoms with van der Waals surface area (Å²) in [4.78, 5) is 18.8. The van der Waals surface area contributed by atoms with Crippen LogP contribution >= 0.6 is 11.6 Å². The molecule has 0 radical (unpaired) electrons. The molecule has 6 nitrogen and oxygen atoms in total. The molecule has 0 aliphatic rings. The third-order valence-electron chi connectivity index (χ3n) is 4.19. The van der Waals surface area contributed by atoms with Crippen molar-refractivity contribution in [3.63, 3.8) is 0 Å². The molecule has 0 aliphatic carbocycles. The van der Waals surface area contributed by atoms with Crippen molar-refractivity contribution < 1.29 is 19.0 Å². The van der Waals surface area contributed by atoms with E-state index < -0.39 is 0 Å². The highest BCUT2D eigenvalue weighted by atomic mass is 35.5. The molecule has 0 atom stereocenters. The van der Waals surface area contributed by atoms with Crippen molar-refractivity contribution >= 4 is 23.3 Å². The Kier molecular flexibility index (Phi) is 6.92. The Balaban J connectivity index is 1.79. The van der Waals surface area contributed by atoms with Crippen LogP contribution in [0.5, 0.6) is 17.2 Å². The quantitative estimate of drug-likeness (QED) is 0.550. The topological polar surface area (TPSA) is 60.9 Å². The second-order valence-electron chi connectivity index (χ2n) is 6.10. The van der Waals surface area contributed by atoms with Crippen molar-refractivity contribution in [2.45, 2.75) is 6.54 Å². The van der Waals surface area contributed by atoms with Crippen LogP contribution in [0, 0.1) is 0 Å². The maximum atomic E-state index is 12.9. The lowest BCUT2D eigenvalue weighted by Crippen LogP contribution is -2.35. The highest BCUT2D eigenvalue weighted by Crippen LogP contribution is 2.28. The first-order valence-corrected chi connectivity index (χ1v) is 9.29. The Hall–Kier alpha value is -3.25. The van der Waals surface area contributed by atoms with Gasteiger partial charge in [-0.3, -0.25) is 9.69 Å². The number of halogens is 1. The van der Waals surface area contributed by atoms with Crippen molar-refractivity contribution in [1.82, 2.24) is 4.98 Å². The number of nitrogens with zero attached hydrogens (tertiary/aromatic N) is 2. The van der Waals surface area contributed by atoms with E-state index in [1.807, 2.05) is 18.2 Å². The summed E-state index contributed by atoms with van der Waals surface area (Å²) in [7, 11) is 3.15. The van der Waals surface area contributed by atoms with E-state index >= 15 is 0 Å². The number of anilines is 1. The van der Waals surface area contributed by atoms with E-state index in [0.29, 0.717) is 34.6 Å². The summed E-state index contributed by atoms with van der Waals surface area (Å²) >= 11 is 5.88. The van der Waals surface area contributed by atoms with Crippen LogP contribution in [0.3, 0.4) is 0 Å². The van der Waals surface area contributed by atoms with Gasteiger partial charge in [0.05, 0.1) is 20.8 Å². The molecule has 0 spiro atoms. The summed E-state index contributed by atoms with van der Waals surface area (Å²) in [5.74, 6) is 2.09. The summed E-state index contributed by atoms with van der Waals surface area (Å²) in [5, 5.41) is 0.604. The lowest BCUT2D eigenvalue weighted by atomic mass is 10.2. The Morgan fingerprint density at radius 2 is 1.76 bits per heavy atom. The zero-order valence-corrected chi connectivity index (χ0v) is 16.9. The molecule has 0 N–H and O–H groups in total. The van der Waals surface area contributed by atoms with Crippen molar-refractivity contribution in [2.24, 2.45) is 0 Å². The van der Waals surface area contributed by atoms with Crippen molar-refractivity contribution in [2.75, 3.05) is 25.7 Å². The highest BCUT2D eigenvalue weighted by molar-refractivity contribution is 6.30. The molecule has 0 fully saturated rings. The van der Waals surface area contributed by atoms with E-state index in [9.17, 15) is 4.79 Å². The molecule has 3 rings (SSSR count). The van der Waals surface area contributed by atoms with E-state index in [1.165, 1.54) is 0 Å². The number of methoxy groups -OCH3 is 2. The molecule has 0 aliphatic heterocycles. The van der Waals surface area contributed by atoms with Gasteiger partial charge in [-0.15, -0.1) is 0 Å². The molecule has 2 aromatic carbocycles. The second kappa shape index (κ2) is 9.80. The Bertz CT molecular complexity index is 949. The van der Waals surface area contributed by atoms with Crippen LogP contribution in [0.2, 0.25) is 5.02 Å². The lowest BCUT2D eigenvalue weighted by molar-refractivity contribution is -0.120. The molecule has 1 heterocycles. The monoisotopic (exact) mass is 412 g/mol. The normalized spacial score (nSPS) is 10.3. The third-order valence-corrected chi connectivity index (χ3v) is 4.44. The fraction of sp³-hybridized carbons (Fsp3) is 0.182. The van der Waals surface area contributed by atoms with Crippen molar-refractivity contribution in [3.05, 3.63) is 77.4 Å². The zero-order valence-electron chi connectivity index (χ0n) is 16.2. The minimum Gasteiger partial charge on any atom is -0.493 e. The van der Waals surface area contributed by atoms with Gasteiger partial charge in [-0.2, -0.15) is 0 Å². The maximum absolute atomic E-state index is 12.9. The largest absolute Gasteiger partial charge is 0.493 e. The van der Waals surface area contributed by atoms with E-state index in [0.717, 1.165) is 5.56 Å². The number of benzene rings is 2. The third kappa shape index (κ3) is 5.39. The molecule has 3 aromatic rings. The first-order chi connectivity index (χ1) is 14.1. The minimum atomic E-state index is -0.228. The number of rotatable bonds is 8. The van der Waals surface area contributed by atoms with Crippen LogP contribution in [-0.2, 0) is 11.3 Å². The van der Waals surface area contributed by atoms with Gasteiger partial charge in [0, 0.05) is 11.2 Å². The molecule has 0 unspecified atom stereocenters. The molecule has 150 valence electrons. The van der Waals surface area contributed by atoms with Gasteiger partial charge in [-0.25, -0.2) is 4.98 Å². The van der Waals surface area contributed by atoms with Crippen LogP contribution in [0.25, 0.3) is 0 Å². The smallest absolute Gasteiger partial charge is 0.266 e. The zero-order chi connectivity index (χ0) is 20.6. The summed E-state index contributed by atoms with van der Waals surface area (Å²) < 4.78 is 16.3. The average molecular weight is 413 g/mol. The molecular weight excluding hydrogens is 392 g/mol. The number of carbonyl (C=O) groups excluding carboxylic acids is 1. The van der Waals surface area contributed by atoms with Crippen LogP contribution in [0.4, 0.5) is 5.82 Å². The predicted octanol–water partition coefficient (Wildman–Crippen LogP) is 4.36. The molecule has 7 heteroatoms. The van der Waals surface area contributed by atoms with Gasteiger partial charge in [0.25, 0.3) is 5.91 Å². The van der Waals surface area contributed by atoms with E-state index in [2.05, 4.69) is 4.98 Å². The maximum Gasteiger partial charge on any atom is 0.266 e. The molecule has 0 saturated carbocycles. The molecular formula is C22H21ClN2O4. The minimum absolute atomic E-state index is 0.133. The summed E-state index contributed by atoms with van der Waals surface area (Å²) in [6, 6.07) is 17.8.